The van der Waals surface area contributed by atoms with Crippen molar-refractivity contribution in [2.45, 2.75) is 46.1 Å². The Balaban J connectivity index is 1.54. The number of benzene rings is 1. The number of rotatable bonds is 7. The Morgan fingerprint density at radius 3 is 2.67 bits per heavy atom. The molecule has 0 unspecified atom stereocenters. The van der Waals surface area contributed by atoms with Gasteiger partial charge in [-0.1, -0.05) is 11.3 Å². The molecule has 11 heteroatoms. The molecule has 1 aliphatic heterocycles. The maximum atomic E-state index is 13.5. The maximum absolute atomic E-state index is 13.5. The van der Waals surface area contributed by atoms with E-state index in [9.17, 15) is 14.0 Å². The summed E-state index contributed by atoms with van der Waals surface area (Å²) in [6, 6.07) is 6.22. The van der Waals surface area contributed by atoms with Crippen molar-refractivity contribution in [3.05, 3.63) is 30.1 Å². The first-order valence-electron chi connectivity index (χ1n) is 12.1. The molecule has 0 saturated carbocycles. The number of nitrogens with zero attached hydrogens (tertiary/aromatic N) is 5. The molecule has 36 heavy (non-hydrogen) atoms. The Hall–Kier alpha value is -3.21. The molecule has 0 bridgehead atoms. The van der Waals surface area contributed by atoms with Crippen molar-refractivity contribution in [1.29, 1.82) is 0 Å². The number of carbonyl (C=O) groups excluding carboxylic acids is 2. The SMILES string of the molecule is CCOC(=O)[C@H]1CCCN(C(=O)CN(C)c2nn3c(NC(C)(C)C)c(-c4ccc(F)cc4)nc3s2)C1. The highest BCUT2D eigenvalue weighted by Crippen LogP contribution is 2.34. The summed E-state index contributed by atoms with van der Waals surface area (Å²) in [7, 11) is 1.82. The van der Waals surface area contributed by atoms with Crippen LogP contribution in [0.5, 0.6) is 0 Å². The number of aromatic nitrogens is 3. The number of fused-ring (bicyclic) bond motifs is 1. The van der Waals surface area contributed by atoms with E-state index in [1.165, 1.54) is 23.5 Å². The first kappa shape index (κ1) is 25.9. The number of anilines is 2. The fraction of sp³-hybridized carbons (Fsp3) is 0.520. The van der Waals surface area contributed by atoms with E-state index in [2.05, 4.69) is 5.32 Å². The standard InChI is InChI=1S/C25H33FN6O3S/c1-6-35-22(34)17-8-7-13-31(14-17)19(33)15-30(5)24-29-32-21(28-25(2,3)4)20(27-23(32)36-24)16-9-11-18(26)12-10-16/h9-12,17,28H,6-8,13-15H2,1-5H3/t17-/m0/s1. The summed E-state index contributed by atoms with van der Waals surface area (Å²) >= 11 is 1.37. The molecule has 9 nitrogen and oxygen atoms in total. The zero-order valence-electron chi connectivity index (χ0n) is 21.4. The van der Waals surface area contributed by atoms with Gasteiger partial charge in [0.25, 0.3) is 0 Å². The molecular formula is C25H33FN6O3S. The van der Waals surface area contributed by atoms with E-state index < -0.39 is 0 Å². The lowest BCUT2D eigenvalue weighted by atomic mass is 9.98. The van der Waals surface area contributed by atoms with Crippen molar-refractivity contribution in [3.63, 3.8) is 0 Å². The third-order valence-electron chi connectivity index (χ3n) is 5.90. The van der Waals surface area contributed by atoms with Gasteiger partial charge in [0, 0.05) is 31.2 Å². The van der Waals surface area contributed by atoms with Gasteiger partial charge in [-0.3, -0.25) is 9.59 Å². The minimum atomic E-state index is -0.306. The van der Waals surface area contributed by atoms with E-state index in [4.69, 9.17) is 14.8 Å². The average Bonchev–Trinajstić information content (AvgIpc) is 3.38. The van der Waals surface area contributed by atoms with Crippen LogP contribution in [-0.4, -0.2) is 70.2 Å². The van der Waals surface area contributed by atoms with Crippen LogP contribution in [0.3, 0.4) is 0 Å². The fourth-order valence-corrected chi connectivity index (χ4v) is 5.06. The van der Waals surface area contributed by atoms with Gasteiger partial charge in [-0.2, -0.15) is 4.52 Å². The zero-order valence-corrected chi connectivity index (χ0v) is 22.2. The molecule has 1 aromatic carbocycles. The molecule has 1 atom stereocenters. The van der Waals surface area contributed by atoms with Crippen molar-refractivity contribution in [1.82, 2.24) is 19.5 Å². The number of ether oxygens (including phenoxy) is 1. The minimum absolute atomic E-state index is 0.0561. The van der Waals surface area contributed by atoms with Gasteiger partial charge in [0.05, 0.1) is 19.1 Å². The Morgan fingerprint density at radius 1 is 1.28 bits per heavy atom. The van der Waals surface area contributed by atoms with Gasteiger partial charge in [0.2, 0.25) is 16.0 Å². The first-order chi connectivity index (χ1) is 17.1. The number of carbonyl (C=O) groups is 2. The molecule has 1 saturated heterocycles. The van der Waals surface area contributed by atoms with E-state index in [0.717, 1.165) is 18.4 Å². The number of amides is 1. The van der Waals surface area contributed by atoms with E-state index >= 15 is 0 Å². The summed E-state index contributed by atoms with van der Waals surface area (Å²) in [5.41, 5.74) is 1.21. The lowest BCUT2D eigenvalue weighted by Gasteiger charge is -2.32. The summed E-state index contributed by atoms with van der Waals surface area (Å²) in [6.07, 6.45) is 1.51. The number of likely N-dealkylation sites (tertiary alicyclic amines) is 1. The van der Waals surface area contributed by atoms with Gasteiger partial charge in [-0.05, 0) is 64.8 Å². The first-order valence-corrected chi connectivity index (χ1v) is 13.0. The van der Waals surface area contributed by atoms with Gasteiger partial charge in [0.1, 0.15) is 11.5 Å². The highest BCUT2D eigenvalue weighted by Gasteiger charge is 2.30. The van der Waals surface area contributed by atoms with Crippen molar-refractivity contribution >= 4 is 39.1 Å². The highest BCUT2D eigenvalue weighted by molar-refractivity contribution is 7.20. The summed E-state index contributed by atoms with van der Waals surface area (Å²) in [6.45, 7) is 9.40. The second-order valence-corrected chi connectivity index (χ2v) is 11.0. The number of hydrogen-bond acceptors (Lipinski definition) is 8. The fourth-order valence-electron chi connectivity index (χ4n) is 4.20. The maximum Gasteiger partial charge on any atom is 0.310 e. The van der Waals surface area contributed by atoms with Gasteiger partial charge >= 0.3 is 5.97 Å². The van der Waals surface area contributed by atoms with Crippen LogP contribution in [0.25, 0.3) is 16.2 Å². The smallest absolute Gasteiger partial charge is 0.310 e. The third kappa shape index (κ3) is 5.77. The molecule has 0 aliphatic carbocycles. The summed E-state index contributed by atoms with van der Waals surface area (Å²) in [4.78, 5) is 34.1. The molecule has 1 amide bonds. The van der Waals surface area contributed by atoms with Gasteiger partial charge in [-0.25, -0.2) is 9.37 Å². The summed E-state index contributed by atoms with van der Waals surface area (Å²) < 4.78 is 20.4. The lowest BCUT2D eigenvalue weighted by Crippen LogP contribution is -2.46. The van der Waals surface area contributed by atoms with Crippen molar-refractivity contribution in [3.8, 4) is 11.3 Å². The summed E-state index contributed by atoms with van der Waals surface area (Å²) in [5, 5.41) is 8.86. The molecule has 3 heterocycles. The number of imidazole rings is 1. The number of piperidine rings is 1. The molecule has 1 fully saturated rings. The Bertz CT molecular complexity index is 1230. The number of likely N-dealkylation sites (N-methyl/N-ethyl adjacent to an activating group) is 1. The lowest BCUT2D eigenvalue weighted by molar-refractivity contribution is -0.151. The minimum Gasteiger partial charge on any atom is -0.466 e. The van der Waals surface area contributed by atoms with Crippen molar-refractivity contribution in [2.24, 2.45) is 5.92 Å². The van der Waals surface area contributed by atoms with Crippen LogP contribution >= 0.6 is 11.3 Å². The van der Waals surface area contributed by atoms with Crippen LogP contribution in [0.4, 0.5) is 15.3 Å². The number of halogens is 1. The van der Waals surface area contributed by atoms with Gasteiger partial charge in [-0.15, -0.1) is 5.10 Å². The Kier molecular flexibility index (Phi) is 7.49. The predicted molar refractivity (Wildman–Crippen MR) is 139 cm³/mol. The topological polar surface area (TPSA) is 92.1 Å². The van der Waals surface area contributed by atoms with Gasteiger partial charge in [0.15, 0.2) is 5.82 Å². The Morgan fingerprint density at radius 2 is 2.00 bits per heavy atom. The quantitative estimate of drug-likeness (QED) is 0.474. The predicted octanol–water partition coefficient (Wildman–Crippen LogP) is 4.05. The van der Waals surface area contributed by atoms with E-state index in [-0.39, 0.29) is 35.7 Å². The second kappa shape index (κ2) is 10.4. The van der Waals surface area contributed by atoms with Gasteiger partial charge < -0.3 is 19.9 Å². The molecule has 3 aromatic rings. The molecule has 194 valence electrons. The normalized spacial score (nSPS) is 16.3. The van der Waals surface area contributed by atoms with Crippen LogP contribution in [0.15, 0.2) is 24.3 Å². The van der Waals surface area contributed by atoms with Crippen LogP contribution in [0.2, 0.25) is 0 Å². The molecule has 2 aromatic heterocycles. The molecular weight excluding hydrogens is 483 g/mol. The molecule has 1 N–H and O–H groups in total. The zero-order chi connectivity index (χ0) is 26.0. The molecule has 4 rings (SSSR count). The second-order valence-electron chi connectivity index (χ2n) is 10.1. The van der Waals surface area contributed by atoms with Crippen LogP contribution in [0, 0.1) is 11.7 Å². The highest BCUT2D eigenvalue weighted by atomic mass is 32.1. The summed E-state index contributed by atoms with van der Waals surface area (Å²) in [5.74, 6) is -0.162. The van der Waals surface area contributed by atoms with E-state index in [1.54, 1.807) is 33.4 Å². The van der Waals surface area contributed by atoms with Crippen LogP contribution in [0.1, 0.15) is 40.5 Å². The third-order valence-corrected chi connectivity index (χ3v) is 6.92. The largest absolute Gasteiger partial charge is 0.466 e. The number of hydrogen-bond donors (Lipinski definition) is 1. The Labute approximate surface area is 214 Å². The van der Waals surface area contributed by atoms with Crippen LogP contribution in [-0.2, 0) is 14.3 Å². The average molecular weight is 517 g/mol. The number of esters is 1. The molecule has 0 spiro atoms. The molecule has 1 aliphatic rings. The van der Waals surface area contributed by atoms with Crippen LogP contribution < -0.4 is 10.2 Å². The van der Waals surface area contributed by atoms with Crippen molar-refractivity contribution < 1.29 is 18.7 Å². The van der Waals surface area contributed by atoms with E-state index in [1.807, 2.05) is 27.8 Å². The van der Waals surface area contributed by atoms with Crippen molar-refractivity contribution in [2.75, 3.05) is 43.5 Å². The monoisotopic (exact) mass is 516 g/mol. The number of nitrogens with one attached hydrogen (secondary N) is 1. The van der Waals surface area contributed by atoms with E-state index in [0.29, 0.717) is 41.3 Å². The molecule has 0 radical (unpaired) electrons.